The summed E-state index contributed by atoms with van der Waals surface area (Å²) in [5.41, 5.74) is 1.02. The van der Waals surface area contributed by atoms with Crippen LogP contribution in [0.5, 0.6) is 0 Å². The minimum absolute atomic E-state index is 0.0588. The molecule has 0 radical (unpaired) electrons. The molecule has 0 atom stereocenters. The number of nitriles is 1. The number of benzene rings is 1. The molecule has 0 aliphatic heterocycles. The van der Waals surface area contributed by atoms with Crippen molar-refractivity contribution >= 4 is 23.1 Å². The van der Waals surface area contributed by atoms with Crippen molar-refractivity contribution < 1.29 is 14.0 Å². The average molecular weight is 430 g/mol. The Kier molecular flexibility index (Phi) is 5.85. The summed E-state index contributed by atoms with van der Waals surface area (Å²) in [4.78, 5) is 36.8. The molecule has 1 aromatic carbocycles. The van der Waals surface area contributed by atoms with Gasteiger partial charge in [-0.1, -0.05) is 12.1 Å². The summed E-state index contributed by atoms with van der Waals surface area (Å²) in [6, 6.07) is 10.2. The molecule has 8 nitrogen and oxygen atoms in total. The molecule has 1 amide bonds. The second-order valence-electron chi connectivity index (χ2n) is 7.63. The molecule has 1 aliphatic rings. The molecule has 2 aromatic heterocycles. The number of carbonyl (C=O) groups excluding carboxylic acids is 2. The van der Waals surface area contributed by atoms with Gasteiger partial charge in [0.25, 0.3) is 0 Å². The molecular weight excluding hydrogens is 411 g/mol. The Hall–Kier alpha value is -4.19. The molecule has 0 bridgehead atoms. The molecule has 2 N–H and O–H groups in total. The van der Waals surface area contributed by atoms with E-state index >= 15 is 0 Å². The minimum Gasteiger partial charge on any atom is -0.353 e. The number of Topliss-reactive ketones (excluding diaryl/α,β-unsaturated/α-hetero) is 1. The number of amides is 1. The summed E-state index contributed by atoms with van der Waals surface area (Å²) in [5, 5.41) is 14.8. The number of hydrogen-bond acceptors (Lipinski definition) is 7. The van der Waals surface area contributed by atoms with E-state index < -0.39 is 11.2 Å². The van der Waals surface area contributed by atoms with Gasteiger partial charge in [0, 0.05) is 24.9 Å². The molecule has 1 fully saturated rings. The quantitative estimate of drug-likeness (QED) is 0.526. The third kappa shape index (κ3) is 4.59. The highest BCUT2D eigenvalue weighted by atomic mass is 19.1. The third-order valence-corrected chi connectivity index (χ3v) is 5.38. The van der Waals surface area contributed by atoms with Gasteiger partial charge in [0.05, 0.1) is 46.4 Å². The first-order valence-corrected chi connectivity index (χ1v) is 9.98. The van der Waals surface area contributed by atoms with Gasteiger partial charge in [-0.2, -0.15) is 5.26 Å². The molecule has 32 heavy (non-hydrogen) atoms. The summed E-state index contributed by atoms with van der Waals surface area (Å²) in [6.45, 7) is -0.0931. The molecule has 3 aromatic rings. The van der Waals surface area contributed by atoms with Crippen molar-refractivity contribution in [1.29, 1.82) is 5.26 Å². The van der Waals surface area contributed by atoms with Gasteiger partial charge in [-0.25, -0.2) is 14.4 Å². The highest BCUT2D eigenvalue weighted by Gasteiger charge is 2.51. The number of pyridine rings is 1. The molecule has 4 rings (SSSR count). The Morgan fingerprint density at radius 2 is 1.91 bits per heavy atom. The van der Waals surface area contributed by atoms with E-state index in [1.54, 1.807) is 24.3 Å². The molecule has 0 saturated heterocycles. The highest BCUT2D eigenvalue weighted by Crippen LogP contribution is 2.49. The van der Waals surface area contributed by atoms with Crippen LogP contribution in [0.4, 0.5) is 15.8 Å². The Bertz CT molecular complexity index is 1200. The van der Waals surface area contributed by atoms with Crippen LogP contribution in [0.1, 0.15) is 40.9 Å². The van der Waals surface area contributed by atoms with E-state index in [0.29, 0.717) is 35.3 Å². The lowest BCUT2D eigenvalue weighted by atomic mass is 9.96. The van der Waals surface area contributed by atoms with E-state index in [-0.39, 0.29) is 30.3 Å². The van der Waals surface area contributed by atoms with E-state index in [1.807, 2.05) is 0 Å². The highest BCUT2D eigenvalue weighted by molar-refractivity contribution is 6.00. The van der Waals surface area contributed by atoms with Crippen molar-refractivity contribution in [3.8, 4) is 6.07 Å². The van der Waals surface area contributed by atoms with Crippen LogP contribution in [0.15, 0.2) is 55.2 Å². The number of hydrogen-bond donors (Lipinski definition) is 2. The predicted octanol–water partition coefficient (Wildman–Crippen LogP) is 3.30. The Balaban J connectivity index is 1.37. The number of rotatable bonds is 8. The normalized spacial score (nSPS) is 13.6. The van der Waals surface area contributed by atoms with Gasteiger partial charge >= 0.3 is 0 Å². The molecule has 1 saturated carbocycles. The number of carbonyl (C=O) groups is 2. The Labute approximate surface area is 183 Å². The number of nitrogens with one attached hydrogen (secondary N) is 2. The van der Waals surface area contributed by atoms with Crippen LogP contribution in [0.2, 0.25) is 0 Å². The zero-order chi connectivity index (χ0) is 22.6. The summed E-state index contributed by atoms with van der Waals surface area (Å²) >= 11 is 0. The van der Waals surface area contributed by atoms with Crippen molar-refractivity contribution in [2.75, 3.05) is 5.32 Å². The first-order valence-electron chi connectivity index (χ1n) is 9.98. The molecule has 1 aliphatic carbocycles. The maximum atomic E-state index is 14.5. The lowest BCUT2D eigenvalue weighted by molar-refractivity contribution is -0.126. The molecule has 0 unspecified atom stereocenters. The van der Waals surface area contributed by atoms with Crippen LogP contribution < -0.4 is 10.6 Å². The van der Waals surface area contributed by atoms with Crippen molar-refractivity contribution in [2.24, 2.45) is 5.41 Å². The van der Waals surface area contributed by atoms with Gasteiger partial charge in [-0.15, -0.1) is 0 Å². The average Bonchev–Trinajstić information content (AvgIpc) is 3.60. The Morgan fingerprint density at radius 1 is 1.16 bits per heavy atom. The van der Waals surface area contributed by atoms with E-state index in [0.717, 1.165) is 0 Å². The molecule has 2 heterocycles. The number of anilines is 2. The fourth-order valence-corrected chi connectivity index (χ4v) is 3.35. The van der Waals surface area contributed by atoms with Crippen LogP contribution in [-0.2, 0) is 11.3 Å². The zero-order valence-electron chi connectivity index (χ0n) is 17.0. The maximum Gasteiger partial charge on any atom is 0.226 e. The van der Waals surface area contributed by atoms with Crippen molar-refractivity contribution in [3.05, 3.63) is 77.9 Å². The van der Waals surface area contributed by atoms with E-state index in [1.165, 1.54) is 31.0 Å². The number of halogens is 1. The van der Waals surface area contributed by atoms with Gasteiger partial charge in [-0.3, -0.25) is 14.6 Å². The lowest BCUT2D eigenvalue weighted by Crippen LogP contribution is -2.33. The van der Waals surface area contributed by atoms with Gasteiger partial charge < -0.3 is 10.6 Å². The molecule has 0 spiro atoms. The third-order valence-electron chi connectivity index (χ3n) is 5.38. The van der Waals surface area contributed by atoms with Gasteiger partial charge in [0.15, 0.2) is 5.78 Å². The van der Waals surface area contributed by atoms with Crippen LogP contribution in [-0.4, -0.2) is 26.6 Å². The maximum absolute atomic E-state index is 14.5. The number of nitrogens with zero attached hydrogens (tertiary/aromatic N) is 4. The van der Waals surface area contributed by atoms with Crippen LogP contribution in [0.25, 0.3) is 0 Å². The van der Waals surface area contributed by atoms with Crippen LogP contribution >= 0.6 is 0 Å². The van der Waals surface area contributed by atoms with Gasteiger partial charge in [0.2, 0.25) is 5.91 Å². The zero-order valence-corrected chi connectivity index (χ0v) is 17.0. The van der Waals surface area contributed by atoms with Crippen molar-refractivity contribution in [3.63, 3.8) is 0 Å². The number of ketones is 1. The number of para-hydroxylation sites is 1. The van der Waals surface area contributed by atoms with Crippen molar-refractivity contribution in [2.45, 2.75) is 25.8 Å². The van der Waals surface area contributed by atoms with E-state index in [2.05, 4.69) is 31.7 Å². The molecule has 160 valence electrons. The molecule has 9 heteroatoms. The van der Waals surface area contributed by atoms with Gasteiger partial charge in [0.1, 0.15) is 18.2 Å². The summed E-state index contributed by atoms with van der Waals surface area (Å²) in [7, 11) is 0. The summed E-state index contributed by atoms with van der Waals surface area (Å²) < 4.78 is 14.5. The topological polar surface area (TPSA) is 121 Å². The number of aromatic nitrogens is 3. The second-order valence-corrected chi connectivity index (χ2v) is 7.63. The summed E-state index contributed by atoms with van der Waals surface area (Å²) in [5.74, 6) is -1.09. The van der Waals surface area contributed by atoms with Crippen LogP contribution in [0, 0.1) is 22.6 Å². The largest absolute Gasteiger partial charge is 0.353 e. The van der Waals surface area contributed by atoms with Crippen molar-refractivity contribution in [1.82, 2.24) is 20.3 Å². The standard InChI is InChI=1S/C23H19FN6O2/c24-18-7-17(30-19-4-2-1-3-15(19)9-25)12-28-20(18)13-29-22(32)23(5-6-23)8-21(31)16-10-26-14-27-11-16/h1-4,7,10-12,14,30H,5-6,8,13H2,(H,29,32). The first kappa shape index (κ1) is 21.1. The fourth-order valence-electron chi connectivity index (χ4n) is 3.35. The van der Waals surface area contributed by atoms with Crippen LogP contribution in [0.3, 0.4) is 0 Å². The summed E-state index contributed by atoms with van der Waals surface area (Å²) in [6.07, 6.45) is 6.86. The second kappa shape index (κ2) is 8.89. The fraction of sp³-hybridized carbons (Fsp3) is 0.217. The monoisotopic (exact) mass is 430 g/mol. The van der Waals surface area contributed by atoms with Gasteiger partial charge in [-0.05, 0) is 25.0 Å². The Morgan fingerprint density at radius 3 is 2.59 bits per heavy atom. The van der Waals surface area contributed by atoms with E-state index in [9.17, 15) is 14.0 Å². The smallest absolute Gasteiger partial charge is 0.226 e. The molecular formula is C23H19FN6O2. The first-order chi connectivity index (χ1) is 15.5. The SMILES string of the molecule is N#Cc1ccccc1Nc1cnc(CNC(=O)C2(CC(=O)c3cncnc3)CC2)c(F)c1. The lowest BCUT2D eigenvalue weighted by Gasteiger charge is -2.15. The predicted molar refractivity (Wildman–Crippen MR) is 113 cm³/mol. The minimum atomic E-state index is -0.772. The van der Waals surface area contributed by atoms with E-state index in [4.69, 9.17) is 5.26 Å².